The molecule has 2 aliphatic rings. The molecule has 2 saturated heterocycles. The van der Waals surface area contributed by atoms with E-state index in [1.165, 1.54) is 11.1 Å². The summed E-state index contributed by atoms with van der Waals surface area (Å²) in [5, 5.41) is 10.8. The van der Waals surface area contributed by atoms with Crippen molar-refractivity contribution in [3.63, 3.8) is 0 Å². The van der Waals surface area contributed by atoms with Crippen LogP contribution in [0.4, 0.5) is 0 Å². The first-order valence-corrected chi connectivity index (χ1v) is 12.4. The number of hydrogen-bond acceptors (Lipinski definition) is 4. The normalized spacial score (nSPS) is 20.6. The molecule has 2 fully saturated rings. The van der Waals surface area contributed by atoms with Gasteiger partial charge in [-0.1, -0.05) is 38.1 Å². The predicted octanol–water partition coefficient (Wildman–Crippen LogP) is 4.02. The first-order valence-electron chi connectivity index (χ1n) is 12.4. The minimum Gasteiger partial charge on any atom is -0.343 e. The summed E-state index contributed by atoms with van der Waals surface area (Å²) >= 11 is 0. The van der Waals surface area contributed by atoms with E-state index in [2.05, 4.69) is 58.4 Å². The molecule has 2 amide bonds. The van der Waals surface area contributed by atoms with Gasteiger partial charge in [0.05, 0.1) is 0 Å². The summed E-state index contributed by atoms with van der Waals surface area (Å²) in [6, 6.07) is 14.0. The van der Waals surface area contributed by atoms with E-state index in [0.29, 0.717) is 35.3 Å². The minimum absolute atomic E-state index is 0.0646. The van der Waals surface area contributed by atoms with E-state index in [-0.39, 0.29) is 11.8 Å². The second-order valence-corrected chi connectivity index (χ2v) is 10.1. The molecule has 7 heteroatoms. The Kier molecular flexibility index (Phi) is 6.35. The summed E-state index contributed by atoms with van der Waals surface area (Å²) < 4.78 is 0. The van der Waals surface area contributed by atoms with Gasteiger partial charge in [0.15, 0.2) is 0 Å². The first kappa shape index (κ1) is 22.6. The van der Waals surface area contributed by atoms with E-state index < -0.39 is 0 Å². The van der Waals surface area contributed by atoms with Gasteiger partial charge in [-0.15, -0.1) is 0 Å². The molecule has 0 saturated carbocycles. The van der Waals surface area contributed by atoms with E-state index >= 15 is 0 Å². The molecule has 3 heterocycles. The zero-order valence-electron chi connectivity index (χ0n) is 20.0. The van der Waals surface area contributed by atoms with Crippen LogP contribution in [0.15, 0.2) is 42.5 Å². The van der Waals surface area contributed by atoms with Crippen LogP contribution >= 0.6 is 0 Å². The molecule has 7 nitrogen and oxygen atoms in total. The average molecular weight is 460 g/mol. The van der Waals surface area contributed by atoms with Crippen LogP contribution < -0.4 is 0 Å². The second-order valence-electron chi connectivity index (χ2n) is 10.1. The van der Waals surface area contributed by atoms with Gasteiger partial charge in [-0.2, -0.15) is 15.4 Å². The van der Waals surface area contributed by atoms with Crippen molar-refractivity contribution in [3.05, 3.63) is 59.2 Å². The molecule has 3 aromatic rings. The van der Waals surface area contributed by atoms with E-state index in [4.69, 9.17) is 0 Å². The number of carbonyl (C=O) groups excluding carboxylic acids is 2. The summed E-state index contributed by atoms with van der Waals surface area (Å²) in [6.45, 7) is 7.52. The maximum Gasteiger partial charge on any atom is 0.253 e. The van der Waals surface area contributed by atoms with Gasteiger partial charge >= 0.3 is 0 Å². The fourth-order valence-electron chi connectivity index (χ4n) is 5.64. The lowest BCUT2D eigenvalue weighted by Crippen LogP contribution is -2.34. The SMILES string of the molecule is CC(C)c1ccccc1CCC(=O)N1CC[C@@H]2CN(C(=O)c3ccc4n[nH]nc4c3)C[C@@H]2CC1. The van der Waals surface area contributed by atoms with E-state index in [1.54, 1.807) is 0 Å². The molecular formula is C27H33N5O2. The number of carbonyl (C=O) groups is 2. The topological polar surface area (TPSA) is 82.2 Å². The van der Waals surface area contributed by atoms with Crippen LogP contribution in [0.5, 0.6) is 0 Å². The Morgan fingerprint density at radius 3 is 2.41 bits per heavy atom. The van der Waals surface area contributed by atoms with E-state index in [1.807, 2.05) is 23.1 Å². The number of likely N-dealkylation sites (tertiary alicyclic amines) is 2. The van der Waals surface area contributed by atoms with Crippen LogP contribution in [-0.2, 0) is 11.2 Å². The average Bonchev–Trinajstić information content (AvgIpc) is 3.44. The highest BCUT2D eigenvalue weighted by Gasteiger charge is 2.37. The van der Waals surface area contributed by atoms with Crippen molar-refractivity contribution >= 4 is 22.8 Å². The van der Waals surface area contributed by atoms with Crippen LogP contribution in [0, 0.1) is 11.8 Å². The number of aryl methyl sites for hydroxylation is 1. The van der Waals surface area contributed by atoms with Crippen molar-refractivity contribution in [1.82, 2.24) is 25.2 Å². The highest BCUT2D eigenvalue weighted by atomic mass is 16.2. The van der Waals surface area contributed by atoms with Crippen LogP contribution in [-0.4, -0.2) is 63.2 Å². The number of aromatic nitrogens is 3. The molecule has 1 N–H and O–H groups in total. The fourth-order valence-corrected chi connectivity index (χ4v) is 5.64. The number of benzene rings is 2. The quantitative estimate of drug-likeness (QED) is 0.625. The summed E-state index contributed by atoms with van der Waals surface area (Å²) in [7, 11) is 0. The van der Waals surface area contributed by atoms with Gasteiger partial charge in [-0.3, -0.25) is 9.59 Å². The third kappa shape index (κ3) is 4.56. The van der Waals surface area contributed by atoms with Gasteiger partial charge in [0, 0.05) is 38.2 Å². The Morgan fingerprint density at radius 2 is 1.68 bits per heavy atom. The molecule has 0 spiro atoms. The number of hydrogen-bond donors (Lipinski definition) is 1. The molecule has 2 aromatic carbocycles. The molecule has 1 aromatic heterocycles. The zero-order valence-corrected chi connectivity index (χ0v) is 20.0. The van der Waals surface area contributed by atoms with Crippen molar-refractivity contribution < 1.29 is 9.59 Å². The lowest BCUT2D eigenvalue weighted by atomic mass is 9.92. The summed E-state index contributed by atoms with van der Waals surface area (Å²) in [6.07, 6.45) is 3.29. The van der Waals surface area contributed by atoms with Gasteiger partial charge in [-0.05, 0) is 66.3 Å². The third-order valence-corrected chi connectivity index (χ3v) is 7.60. The number of fused-ring (bicyclic) bond motifs is 2. The lowest BCUT2D eigenvalue weighted by molar-refractivity contribution is -0.131. The van der Waals surface area contributed by atoms with Crippen molar-refractivity contribution in [2.24, 2.45) is 11.8 Å². The third-order valence-electron chi connectivity index (χ3n) is 7.60. The molecule has 0 radical (unpaired) electrons. The van der Waals surface area contributed by atoms with Gasteiger partial charge in [0.25, 0.3) is 5.91 Å². The Morgan fingerprint density at radius 1 is 0.971 bits per heavy atom. The minimum atomic E-state index is 0.0646. The standard InChI is InChI=1S/C27H33N5O2/c1-18(2)23-6-4-3-5-19(23)8-10-26(33)31-13-11-21-16-32(17-22(21)12-14-31)27(34)20-7-9-24-25(15-20)29-30-28-24/h3-7,9,15,18,21-22H,8,10-14,16-17H2,1-2H3,(H,28,29,30)/t21-,22+. The Hall–Kier alpha value is -3.22. The van der Waals surface area contributed by atoms with Gasteiger partial charge in [-0.25, -0.2) is 0 Å². The van der Waals surface area contributed by atoms with Crippen molar-refractivity contribution in [2.75, 3.05) is 26.2 Å². The molecule has 34 heavy (non-hydrogen) atoms. The molecule has 178 valence electrons. The molecule has 0 unspecified atom stereocenters. The number of rotatable bonds is 5. The van der Waals surface area contributed by atoms with Gasteiger partial charge < -0.3 is 9.80 Å². The van der Waals surface area contributed by atoms with Crippen LogP contribution in [0.1, 0.15) is 60.5 Å². The van der Waals surface area contributed by atoms with Crippen molar-refractivity contribution in [3.8, 4) is 0 Å². The number of nitrogens with zero attached hydrogens (tertiary/aromatic N) is 4. The Bertz CT molecular complexity index is 1170. The van der Waals surface area contributed by atoms with Crippen LogP contribution in [0.2, 0.25) is 0 Å². The molecule has 2 atom stereocenters. The predicted molar refractivity (Wildman–Crippen MR) is 131 cm³/mol. The van der Waals surface area contributed by atoms with Crippen LogP contribution in [0.25, 0.3) is 11.0 Å². The fraction of sp³-hybridized carbons (Fsp3) is 0.481. The number of nitrogens with one attached hydrogen (secondary N) is 1. The zero-order chi connectivity index (χ0) is 23.7. The van der Waals surface area contributed by atoms with Crippen molar-refractivity contribution in [2.45, 2.75) is 45.4 Å². The monoisotopic (exact) mass is 459 g/mol. The molecular weight excluding hydrogens is 426 g/mol. The number of H-pyrrole nitrogens is 1. The maximum absolute atomic E-state index is 13.1. The first-order chi connectivity index (χ1) is 16.5. The van der Waals surface area contributed by atoms with Crippen LogP contribution in [0.3, 0.4) is 0 Å². The summed E-state index contributed by atoms with van der Waals surface area (Å²) in [5.74, 6) is 1.70. The maximum atomic E-state index is 13.1. The molecule has 5 rings (SSSR count). The lowest BCUT2D eigenvalue weighted by Gasteiger charge is -2.23. The number of amides is 2. The Labute approximate surface area is 200 Å². The molecule has 0 bridgehead atoms. The van der Waals surface area contributed by atoms with Gasteiger partial charge in [0.1, 0.15) is 11.0 Å². The number of aromatic amines is 1. The van der Waals surface area contributed by atoms with E-state index in [9.17, 15) is 9.59 Å². The van der Waals surface area contributed by atoms with E-state index in [0.717, 1.165) is 51.0 Å². The smallest absolute Gasteiger partial charge is 0.253 e. The largest absolute Gasteiger partial charge is 0.343 e. The van der Waals surface area contributed by atoms with Gasteiger partial charge in [0.2, 0.25) is 5.91 Å². The Balaban J connectivity index is 1.16. The summed E-state index contributed by atoms with van der Waals surface area (Å²) in [4.78, 5) is 30.2. The second kappa shape index (κ2) is 9.57. The highest BCUT2D eigenvalue weighted by molar-refractivity contribution is 5.97. The highest BCUT2D eigenvalue weighted by Crippen LogP contribution is 2.33. The molecule has 2 aliphatic heterocycles. The summed E-state index contributed by atoms with van der Waals surface area (Å²) in [5.41, 5.74) is 4.77. The van der Waals surface area contributed by atoms with Crippen molar-refractivity contribution in [1.29, 1.82) is 0 Å². The molecule has 0 aliphatic carbocycles.